The van der Waals surface area contributed by atoms with E-state index in [1.54, 1.807) is 24.3 Å². The molecule has 1 aliphatic heterocycles. The van der Waals surface area contributed by atoms with E-state index < -0.39 is 0 Å². The maximum Gasteiger partial charge on any atom is 0.255 e. The average molecular weight is 482 g/mol. The Bertz CT molecular complexity index is 1400. The van der Waals surface area contributed by atoms with Crippen LogP contribution in [0.15, 0.2) is 77.2 Å². The van der Waals surface area contributed by atoms with Crippen LogP contribution in [0.25, 0.3) is 22.9 Å². The summed E-state index contributed by atoms with van der Waals surface area (Å²) in [6, 6.07) is 22.2. The molecular weight excluding hydrogens is 454 g/mol. The van der Waals surface area contributed by atoms with Gasteiger partial charge in [-0.05, 0) is 73.8 Å². The molecule has 8 heteroatoms. The van der Waals surface area contributed by atoms with Crippen LogP contribution in [0.3, 0.4) is 0 Å². The summed E-state index contributed by atoms with van der Waals surface area (Å²) in [6.45, 7) is 3.34. The number of hydrogen-bond acceptors (Lipinski definition) is 6. The number of amides is 2. The molecule has 0 bridgehead atoms. The van der Waals surface area contributed by atoms with Gasteiger partial charge in [-0.15, -0.1) is 10.2 Å². The number of carbonyl (C=O) groups is 2. The summed E-state index contributed by atoms with van der Waals surface area (Å²) in [5, 5.41) is 11.3. The van der Waals surface area contributed by atoms with Crippen LogP contribution in [0.1, 0.15) is 34.3 Å². The van der Waals surface area contributed by atoms with Gasteiger partial charge in [-0.2, -0.15) is 0 Å². The largest absolute Gasteiger partial charge is 0.416 e. The Morgan fingerprint density at radius 3 is 2.50 bits per heavy atom. The van der Waals surface area contributed by atoms with Crippen molar-refractivity contribution in [3.63, 3.8) is 0 Å². The van der Waals surface area contributed by atoms with Crippen LogP contribution < -0.4 is 11.1 Å². The summed E-state index contributed by atoms with van der Waals surface area (Å²) in [4.78, 5) is 26.8. The fourth-order valence-electron chi connectivity index (χ4n) is 4.56. The maximum atomic E-state index is 13.0. The number of rotatable bonds is 7. The monoisotopic (exact) mass is 481 g/mol. The molecule has 8 nitrogen and oxygen atoms in total. The molecule has 3 aromatic carbocycles. The first-order valence-electron chi connectivity index (χ1n) is 11.9. The van der Waals surface area contributed by atoms with Gasteiger partial charge < -0.3 is 15.5 Å². The summed E-state index contributed by atoms with van der Waals surface area (Å²) in [5.41, 5.74) is 10.4. The molecule has 182 valence electrons. The summed E-state index contributed by atoms with van der Waals surface area (Å²) in [6.07, 6.45) is 1.70. The molecule has 0 spiro atoms. The van der Waals surface area contributed by atoms with E-state index in [2.05, 4.69) is 20.4 Å². The van der Waals surface area contributed by atoms with E-state index in [1.165, 1.54) is 0 Å². The summed E-state index contributed by atoms with van der Waals surface area (Å²) in [7, 11) is 0. The number of likely N-dealkylation sites (tertiary alicyclic amines) is 1. The van der Waals surface area contributed by atoms with E-state index in [-0.39, 0.29) is 17.9 Å². The first-order chi connectivity index (χ1) is 17.5. The highest BCUT2D eigenvalue weighted by Gasteiger charge is 2.29. The number of para-hydroxylation sites is 1. The Kier molecular flexibility index (Phi) is 6.60. The van der Waals surface area contributed by atoms with Gasteiger partial charge in [0.25, 0.3) is 5.91 Å². The Morgan fingerprint density at radius 1 is 1.00 bits per heavy atom. The third-order valence-corrected chi connectivity index (χ3v) is 6.53. The molecule has 1 aromatic heterocycles. The van der Waals surface area contributed by atoms with Gasteiger partial charge in [0.05, 0.1) is 6.04 Å². The zero-order valence-corrected chi connectivity index (χ0v) is 20.0. The minimum absolute atomic E-state index is 0.229. The molecule has 1 aliphatic rings. The summed E-state index contributed by atoms with van der Waals surface area (Å²) in [5.74, 6) is 0.313. The van der Waals surface area contributed by atoms with Crippen molar-refractivity contribution in [3.8, 4) is 22.9 Å². The smallest absolute Gasteiger partial charge is 0.255 e. The van der Waals surface area contributed by atoms with Crippen LogP contribution in [-0.2, 0) is 11.3 Å². The summed E-state index contributed by atoms with van der Waals surface area (Å²) >= 11 is 0. The third kappa shape index (κ3) is 4.89. The predicted octanol–water partition coefficient (Wildman–Crippen LogP) is 4.41. The molecule has 5 rings (SSSR count). The zero-order chi connectivity index (χ0) is 25.1. The first-order valence-corrected chi connectivity index (χ1v) is 11.9. The number of carbonyl (C=O) groups excluding carboxylic acids is 2. The number of anilines is 1. The second-order valence-corrected chi connectivity index (χ2v) is 8.95. The quantitative estimate of drug-likeness (QED) is 0.404. The van der Waals surface area contributed by atoms with Crippen LogP contribution in [0.5, 0.6) is 0 Å². The van der Waals surface area contributed by atoms with E-state index >= 15 is 0 Å². The average Bonchev–Trinajstić information content (AvgIpc) is 3.56. The fourth-order valence-corrected chi connectivity index (χ4v) is 4.56. The van der Waals surface area contributed by atoms with Crippen molar-refractivity contribution < 1.29 is 14.0 Å². The Hall–Kier alpha value is -4.30. The van der Waals surface area contributed by atoms with E-state index in [1.807, 2.05) is 55.5 Å². The van der Waals surface area contributed by atoms with Crippen molar-refractivity contribution in [2.24, 2.45) is 5.73 Å². The standard InChI is InChI=1S/C28H27N5O3/c1-18-7-2-4-9-22(18)28-32-31-27(36-28)20-14-12-19(13-15-20)26(35)30-23-10-5-3-8-21(23)17-33-16-6-11-24(33)25(29)34/h2-5,7-10,12-15,24H,6,11,16-17H2,1H3,(H2,29,34)(H,30,35). The molecule has 4 aromatic rings. The van der Waals surface area contributed by atoms with Crippen molar-refractivity contribution in [1.29, 1.82) is 0 Å². The van der Waals surface area contributed by atoms with E-state index in [4.69, 9.17) is 10.2 Å². The van der Waals surface area contributed by atoms with Gasteiger partial charge in [0, 0.05) is 28.9 Å². The van der Waals surface area contributed by atoms with Gasteiger partial charge in [-0.25, -0.2) is 0 Å². The third-order valence-electron chi connectivity index (χ3n) is 6.53. The minimum Gasteiger partial charge on any atom is -0.416 e. The number of nitrogens with one attached hydrogen (secondary N) is 1. The molecule has 0 radical (unpaired) electrons. The maximum absolute atomic E-state index is 13.0. The number of benzene rings is 3. The SMILES string of the molecule is Cc1ccccc1-c1nnc(-c2ccc(C(=O)Nc3ccccc3CN3CCCC3C(N)=O)cc2)o1. The molecular formula is C28H27N5O3. The Morgan fingerprint density at radius 2 is 1.72 bits per heavy atom. The van der Waals surface area contributed by atoms with E-state index in [0.29, 0.717) is 29.6 Å². The minimum atomic E-state index is -0.304. The van der Waals surface area contributed by atoms with Crippen molar-refractivity contribution in [3.05, 3.63) is 89.5 Å². The normalized spacial score (nSPS) is 15.6. The number of aromatic nitrogens is 2. The van der Waals surface area contributed by atoms with E-state index in [0.717, 1.165) is 41.6 Å². The molecule has 2 heterocycles. The van der Waals surface area contributed by atoms with Crippen LogP contribution in [0.4, 0.5) is 5.69 Å². The molecule has 2 amide bonds. The van der Waals surface area contributed by atoms with Crippen LogP contribution in [-0.4, -0.2) is 39.5 Å². The highest BCUT2D eigenvalue weighted by Crippen LogP contribution is 2.27. The van der Waals surface area contributed by atoms with Crippen LogP contribution >= 0.6 is 0 Å². The summed E-state index contributed by atoms with van der Waals surface area (Å²) < 4.78 is 5.88. The highest BCUT2D eigenvalue weighted by molar-refractivity contribution is 6.04. The second-order valence-electron chi connectivity index (χ2n) is 8.95. The van der Waals surface area contributed by atoms with Gasteiger partial charge in [0.1, 0.15) is 0 Å². The Labute approximate surface area is 209 Å². The lowest BCUT2D eigenvalue weighted by Gasteiger charge is -2.23. The van der Waals surface area contributed by atoms with Gasteiger partial charge in [0.2, 0.25) is 17.7 Å². The van der Waals surface area contributed by atoms with Crippen molar-refractivity contribution in [2.75, 3.05) is 11.9 Å². The zero-order valence-electron chi connectivity index (χ0n) is 20.0. The highest BCUT2D eigenvalue weighted by atomic mass is 16.4. The number of nitrogens with two attached hydrogens (primary N) is 1. The molecule has 36 heavy (non-hydrogen) atoms. The Balaban J connectivity index is 1.29. The lowest BCUT2D eigenvalue weighted by molar-refractivity contribution is -0.122. The molecule has 1 unspecified atom stereocenters. The van der Waals surface area contributed by atoms with Crippen molar-refractivity contribution in [1.82, 2.24) is 15.1 Å². The van der Waals surface area contributed by atoms with Crippen molar-refractivity contribution >= 4 is 17.5 Å². The van der Waals surface area contributed by atoms with Crippen LogP contribution in [0.2, 0.25) is 0 Å². The lowest BCUT2D eigenvalue weighted by atomic mass is 10.1. The molecule has 3 N–H and O–H groups in total. The van der Waals surface area contributed by atoms with Gasteiger partial charge in [-0.3, -0.25) is 14.5 Å². The molecule has 0 aliphatic carbocycles. The van der Waals surface area contributed by atoms with Gasteiger partial charge in [0.15, 0.2) is 0 Å². The topological polar surface area (TPSA) is 114 Å². The number of aryl methyl sites for hydroxylation is 1. The number of nitrogens with zero attached hydrogens (tertiary/aromatic N) is 3. The fraction of sp³-hybridized carbons (Fsp3) is 0.214. The lowest BCUT2D eigenvalue weighted by Crippen LogP contribution is -2.39. The first kappa shape index (κ1) is 23.4. The van der Waals surface area contributed by atoms with E-state index in [9.17, 15) is 9.59 Å². The number of primary amides is 1. The van der Waals surface area contributed by atoms with Crippen LogP contribution in [0, 0.1) is 6.92 Å². The van der Waals surface area contributed by atoms with Crippen molar-refractivity contribution in [2.45, 2.75) is 32.4 Å². The molecule has 1 atom stereocenters. The molecule has 0 saturated carbocycles. The predicted molar refractivity (Wildman–Crippen MR) is 137 cm³/mol. The van der Waals surface area contributed by atoms with Gasteiger partial charge >= 0.3 is 0 Å². The number of hydrogen-bond donors (Lipinski definition) is 2. The second kappa shape index (κ2) is 10.1. The molecule has 1 fully saturated rings. The van der Waals surface area contributed by atoms with Gasteiger partial charge in [-0.1, -0.05) is 36.4 Å². The molecule has 1 saturated heterocycles.